The molecule has 16 heavy (non-hydrogen) atoms. The smallest absolute Gasteiger partial charge is 0.128 e. The molecule has 1 aromatic carbocycles. The molecule has 0 saturated heterocycles. The molecule has 0 spiro atoms. The number of nitrogens with one attached hydrogen (secondary N) is 1. The van der Waals surface area contributed by atoms with Gasteiger partial charge < -0.3 is 10.1 Å². The van der Waals surface area contributed by atoms with E-state index in [1.807, 2.05) is 19.9 Å². The molecule has 1 aromatic rings. The Labute approximate surface area is 104 Å². The van der Waals surface area contributed by atoms with E-state index in [-0.39, 0.29) is 11.4 Å². The Morgan fingerprint density at radius 2 is 2.12 bits per heavy atom. The molecule has 0 unspecified atom stereocenters. The van der Waals surface area contributed by atoms with Crippen molar-refractivity contribution in [3.8, 4) is 0 Å². The van der Waals surface area contributed by atoms with Crippen LogP contribution < -0.4 is 5.32 Å². The predicted octanol–water partition coefficient (Wildman–Crippen LogP) is 3.10. The fourth-order valence-electron chi connectivity index (χ4n) is 1.24. The fourth-order valence-corrected chi connectivity index (χ4v) is 1.57. The number of halogens is 2. The summed E-state index contributed by atoms with van der Waals surface area (Å²) in [6.45, 7) is 5.15. The van der Waals surface area contributed by atoms with Crippen LogP contribution in [0.4, 0.5) is 4.39 Å². The molecule has 2 nitrogen and oxygen atoms in total. The maximum absolute atomic E-state index is 13.5. The van der Waals surface area contributed by atoms with Crippen molar-refractivity contribution in [1.82, 2.24) is 5.32 Å². The summed E-state index contributed by atoms with van der Waals surface area (Å²) in [4.78, 5) is 0. The summed E-state index contributed by atoms with van der Waals surface area (Å²) in [6.07, 6.45) is 0. The van der Waals surface area contributed by atoms with E-state index in [0.717, 1.165) is 4.47 Å². The molecule has 90 valence electrons. The second-order valence-electron chi connectivity index (χ2n) is 4.30. The number of rotatable bonds is 5. The van der Waals surface area contributed by atoms with Gasteiger partial charge in [0.1, 0.15) is 5.82 Å². The van der Waals surface area contributed by atoms with Gasteiger partial charge in [0.2, 0.25) is 0 Å². The number of benzene rings is 1. The van der Waals surface area contributed by atoms with Crippen molar-refractivity contribution in [2.24, 2.45) is 0 Å². The summed E-state index contributed by atoms with van der Waals surface area (Å²) in [5, 5.41) is 3.17. The Morgan fingerprint density at radius 3 is 2.69 bits per heavy atom. The molecule has 0 amide bonds. The standard InChI is InChI=1S/C12H17BrFNO/c1-12(2,16-3)8-15-7-9-4-5-10(13)6-11(9)14/h4-6,15H,7-8H2,1-3H3. The van der Waals surface area contributed by atoms with Crippen LogP contribution in [0.2, 0.25) is 0 Å². The van der Waals surface area contributed by atoms with Gasteiger partial charge in [0.05, 0.1) is 5.60 Å². The highest BCUT2D eigenvalue weighted by Gasteiger charge is 2.15. The summed E-state index contributed by atoms with van der Waals surface area (Å²) in [5.41, 5.74) is 0.432. The first kappa shape index (κ1) is 13.6. The summed E-state index contributed by atoms with van der Waals surface area (Å²) in [6, 6.07) is 5.08. The Bertz CT molecular complexity index is 355. The SMILES string of the molecule is COC(C)(C)CNCc1ccc(Br)cc1F. The molecule has 4 heteroatoms. The van der Waals surface area contributed by atoms with Crippen molar-refractivity contribution in [3.63, 3.8) is 0 Å². The molecule has 0 aliphatic carbocycles. The average Bonchev–Trinajstić information content (AvgIpc) is 2.21. The van der Waals surface area contributed by atoms with Gasteiger partial charge >= 0.3 is 0 Å². The number of hydrogen-bond acceptors (Lipinski definition) is 2. The third-order valence-corrected chi connectivity index (χ3v) is 2.93. The molecule has 0 saturated carbocycles. The number of methoxy groups -OCH3 is 1. The van der Waals surface area contributed by atoms with Gasteiger partial charge in [0.15, 0.2) is 0 Å². The molecule has 0 radical (unpaired) electrons. The van der Waals surface area contributed by atoms with Crippen molar-refractivity contribution in [2.45, 2.75) is 26.0 Å². The first-order chi connectivity index (χ1) is 7.44. The van der Waals surface area contributed by atoms with Crippen molar-refractivity contribution >= 4 is 15.9 Å². The zero-order chi connectivity index (χ0) is 12.2. The second kappa shape index (κ2) is 5.75. The van der Waals surface area contributed by atoms with Crippen LogP contribution in [0.1, 0.15) is 19.4 Å². The maximum Gasteiger partial charge on any atom is 0.128 e. The third kappa shape index (κ3) is 4.20. The Kier molecular flexibility index (Phi) is 4.89. The Balaban J connectivity index is 2.49. The fraction of sp³-hybridized carbons (Fsp3) is 0.500. The summed E-state index contributed by atoms with van der Waals surface area (Å²) in [7, 11) is 1.67. The van der Waals surface area contributed by atoms with E-state index in [1.54, 1.807) is 13.2 Å². The van der Waals surface area contributed by atoms with Crippen molar-refractivity contribution < 1.29 is 9.13 Å². The second-order valence-corrected chi connectivity index (χ2v) is 5.22. The van der Waals surface area contributed by atoms with Crippen LogP contribution in [0.5, 0.6) is 0 Å². The van der Waals surface area contributed by atoms with Gasteiger partial charge in [-0.2, -0.15) is 0 Å². The third-order valence-electron chi connectivity index (χ3n) is 2.43. The highest BCUT2D eigenvalue weighted by atomic mass is 79.9. The van der Waals surface area contributed by atoms with E-state index in [9.17, 15) is 4.39 Å². The monoisotopic (exact) mass is 289 g/mol. The molecule has 1 rings (SSSR count). The van der Waals surface area contributed by atoms with E-state index in [4.69, 9.17) is 4.74 Å². The quantitative estimate of drug-likeness (QED) is 0.899. The topological polar surface area (TPSA) is 21.3 Å². The van der Waals surface area contributed by atoms with Crippen LogP contribution in [-0.4, -0.2) is 19.3 Å². The number of hydrogen-bond donors (Lipinski definition) is 1. The average molecular weight is 290 g/mol. The molecule has 0 aliphatic heterocycles. The van der Waals surface area contributed by atoms with E-state index < -0.39 is 0 Å². The molecule has 0 atom stereocenters. The highest BCUT2D eigenvalue weighted by molar-refractivity contribution is 9.10. The molecule has 0 fully saturated rings. The Morgan fingerprint density at radius 1 is 1.44 bits per heavy atom. The maximum atomic E-state index is 13.5. The molecule has 0 bridgehead atoms. The van der Waals surface area contributed by atoms with Crippen LogP contribution in [0.25, 0.3) is 0 Å². The van der Waals surface area contributed by atoms with Crippen LogP contribution in [0, 0.1) is 5.82 Å². The van der Waals surface area contributed by atoms with Gasteiger partial charge in [0.25, 0.3) is 0 Å². The van der Waals surface area contributed by atoms with Gasteiger partial charge in [0, 0.05) is 30.2 Å². The van der Waals surface area contributed by atoms with Crippen LogP contribution in [0.3, 0.4) is 0 Å². The van der Waals surface area contributed by atoms with Gasteiger partial charge in [-0.05, 0) is 26.0 Å². The Hall–Kier alpha value is -0.450. The summed E-state index contributed by atoms with van der Waals surface area (Å²) in [5.74, 6) is -0.197. The molecule has 0 heterocycles. The van der Waals surface area contributed by atoms with Gasteiger partial charge in [-0.25, -0.2) is 4.39 Å². The molecule has 1 N–H and O–H groups in total. The lowest BCUT2D eigenvalue weighted by atomic mass is 10.1. The van der Waals surface area contributed by atoms with Crippen molar-refractivity contribution in [1.29, 1.82) is 0 Å². The minimum absolute atomic E-state index is 0.197. The largest absolute Gasteiger partial charge is 0.377 e. The van der Waals surface area contributed by atoms with E-state index in [0.29, 0.717) is 18.7 Å². The van der Waals surface area contributed by atoms with Crippen LogP contribution in [0.15, 0.2) is 22.7 Å². The zero-order valence-corrected chi connectivity index (χ0v) is 11.4. The number of ether oxygens (including phenoxy) is 1. The summed E-state index contributed by atoms with van der Waals surface area (Å²) < 4.78 is 19.5. The summed E-state index contributed by atoms with van der Waals surface area (Å²) >= 11 is 3.23. The minimum atomic E-state index is -0.230. The van der Waals surface area contributed by atoms with Crippen LogP contribution >= 0.6 is 15.9 Å². The predicted molar refractivity (Wildman–Crippen MR) is 66.9 cm³/mol. The van der Waals surface area contributed by atoms with Crippen LogP contribution in [-0.2, 0) is 11.3 Å². The lowest BCUT2D eigenvalue weighted by Crippen LogP contribution is -2.36. The normalized spacial score (nSPS) is 11.8. The lowest BCUT2D eigenvalue weighted by Gasteiger charge is -2.23. The molecule has 0 aliphatic rings. The lowest BCUT2D eigenvalue weighted by molar-refractivity contribution is 0.0230. The van der Waals surface area contributed by atoms with Crippen molar-refractivity contribution in [2.75, 3.05) is 13.7 Å². The molecule has 0 aromatic heterocycles. The minimum Gasteiger partial charge on any atom is -0.377 e. The molecular weight excluding hydrogens is 273 g/mol. The van der Waals surface area contributed by atoms with E-state index in [2.05, 4.69) is 21.2 Å². The first-order valence-corrected chi connectivity index (χ1v) is 5.94. The van der Waals surface area contributed by atoms with E-state index in [1.165, 1.54) is 6.07 Å². The first-order valence-electron chi connectivity index (χ1n) is 5.14. The zero-order valence-electron chi connectivity index (χ0n) is 9.81. The molecular formula is C12H17BrFNO. The highest BCUT2D eigenvalue weighted by Crippen LogP contribution is 2.15. The van der Waals surface area contributed by atoms with Gasteiger partial charge in [-0.15, -0.1) is 0 Å². The van der Waals surface area contributed by atoms with Gasteiger partial charge in [-0.1, -0.05) is 22.0 Å². The van der Waals surface area contributed by atoms with Crippen molar-refractivity contribution in [3.05, 3.63) is 34.1 Å². The van der Waals surface area contributed by atoms with E-state index >= 15 is 0 Å². The van der Waals surface area contributed by atoms with Gasteiger partial charge in [-0.3, -0.25) is 0 Å².